The van der Waals surface area contributed by atoms with Crippen LogP contribution in [0, 0.1) is 17.8 Å². The summed E-state index contributed by atoms with van der Waals surface area (Å²) in [4.78, 5) is 32.4. The fourth-order valence-electron chi connectivity index (χ4n) is 1.38. The lowest BCUT2D eigenvalue weighted by Crippen LogP contribution is -2.10. The Morgan fingerprint density at radius 1 is 1.08 bits per heavy atom. The van der Waals surface area contributed by atoms with Crippen LogP contribution in [0.25, 0.3) is 0 Å². The molecule has 0 aromatic carbocycles. The van der Waals surface area contributed by atoms with Crippen molar-refractivity contribution in [3.63, 3.8) is 0 Å². The highest BCUT2D eigenvalue weighted by Gasteiger charge is 2.60. The Kier molecular flexibility index (Phi) is 2.65. The zero-order valence-electron chi connectivity index (χ0n) is 7.35. The lowest BCUT2D eigenvalue weighted by atomic mass is 10.3. The normalized spacial score (nSPS) is 30.5. The van der Waals surface area contributed by atoms with Crippen LogP contribution in [-0.4, -0.2) is 32.4 Å². The second-order valence-electron chi connectivity index (χ2n) is 2.81. The molecule has 1 rings (SSSR count). The molecule has 72 valence electrons. The van der Waals surface area contributed by atoms with E-state index >= 15 is 0 Å². The first-order chi connectivity index (χ1) is 6.17. The maximum Gasteiger partial charge on any atom is 0.310 e. The molecule has 1 fully saturated rings. The van der Waals surface area contributed by atoms with Gasteiger partial charge in [0.1, 0.15) is 6.29 Å². The van der Waals surface area contributed by atoms with Crippen molar-refractivity contribution < 1.29 is 23.9 Å². The molecule has 5 heteroatoms. The van der Waals surface area contributed by atoms with E-state index in [1.807, 2.05) is 0 Å². The number of hydrogen-bond donors (Lipinski definition) is 0. The maximum absolute atomic E-state index is 11.0. The Morgan fingerprint density at radius 3 is 1.69 bits per heavy atom. The van der Waals surface area contributed by atoms with Gasteiger partial charge in [-0.1, -0.05) is 0 Å². The first-order valence-corrected chi connectivity index (χ1v) is 3.78. The van der Waals surface area contributed by atoms with Crippen molar-refractivity contribution >= 4 is 18.2 Å². The quantitative estimate of drug-likeness (QED) is 0.434. The van der Waals surface area contributed by atoms with Crippen molar-refractivity contribution in [3.8, 4) is 0 Å². The van der Waals surface area contributed by atoms with Gasteiger partial charge >= 0.3 is 11.9 Å². The van der Waals surface area contributed by atoms with Crippen molar-refractivity contribution in [3.05, 3.63) is 0 Å². The lowest BCUT2D eigenvalue weighted by Gasteiger charge is -1.95. The lowest BCUT2D eigenvalue weighted by molar-refractivity contribution is -0.148. The fraction of sp³-hybridized carbons (Fsp3) is 0.625. The summed E-state index contributed by atoms with van der Waals surface area (Å²) in [6, 6.07) is 0. The number of hydrogen-bond acceptors (Lipinski definition) is 5. The predicted octanol–water partition coefficient (Wildman–Crippen LogP) is -0.607. The molecule has 0 bridgehead atoms. The van der Waals surface area contributed by atoms with E-state index in [0.717, 1.165) is 0 Å². The highest BCUT2D eigenvalue weighted by atomic mass is 16.5. The molecule has 1 aliphatic rings. The van der Waals surface area contributed by atoms with E-state index in [9.17, 15) is 14.4 Å². The first kappa shape index (κ1) is 9.70. The van der Waals surface area contributed by atoms with Crippen LogP contribution in [0.2, 0.25) is 0 Å². The molecule has 0 spiro atoms. The van der Waals surface area contributed by atoms with Gasteiger partial charge in [0.15, 0.2) is 0 Å². The molecule has 1 saturated carbocycles. The minimum absolute atomic E-state index is 0.535. The van der Waals surface area contributed by atoms with Crippen LogP contribution in [0.3, 0.4) is 0 Å². The number of aldehydes is 1. The molecule has 5 nitrogen and oxygen atoms in total. The molecule has 0 N–H and O–H groups in total. The van der Waals surface area contributed by atoms with E-state index in [1.165, 1.54) is 14.2 Å². The van der Waals surface area contributed by atoms with Crippen molar-refractivity contribution in [2.75, 3.05) is 14.2 Å². The topological polar surface area (TPSA) is 69.7 Å². The molecule has 0 unspecified atom stereocenters. The van der Waals surface area contributed by atoms with Gasteiger partial charge in [0.25, 0.3) is 0 Å². The van der Waals surface area contributed by atoms with Crippen LogP contribution in [-0.2, 0) is 23.9 Å². The van der Waals surface area contributed by atoms with Crippen LogP contribution in [0.1, 0.15) is 0 Å². The molecular formula is C8H10O5. The van der Waals surface area contributed by atoms with Gasteiger partial charge in [-0.2, -0.15) is 0 Å². The van der Waals surface area contributed by atoms with Crippen molar-refractivity contribution in [2.45, 2.75) is 0 Å². The molecule has 13 heavy (non-hydrogen) atoms. The summed E-state index contributed by atoms with van der Waals surface area (Å²) in [5.74, 6) is -2.93. The number of methoxy groups -OCH3 is 2. The Morgan fingerprint density at radius 2 is 1.46 bits per heavy atom. The fourth-order valence-corrected chi connectivity index (χ4v) is 1.38. The third-order valence-electron chi connectivity index (χ3n) is 2.18. The van der Waals surface area contributed by atoms with E-state index in [2.05, 4.69) is 9.47 Å². The molecule has 0 amide bonds. The third-order valence-corrected chi connectivity index (χ3v) is 2.18. The van der Waals surface area contributed by atoms with Crippen molar-refractivity contribution in [2.24, 2.45) is 17.8 Å². The smallest absolute Gasteiger partial charge is 0.310 e. The van der Waals surface area contributed by atoms with Crippen LogP contribution in [0.5, 0.6) is 0 Å². The largest absolute Gasteiger partial charge is 0.469 e. The Bertz CT molecular complexity index is 225. The van der Waals surface area contributed by atoms with Gasteiger partial charge in [0, 0.05) is 5.92 Å². The second-order valence-corrected chi connectivity index (χ2v) is 2.81. The van der Waals surface area contributed by atoms with Crippen molar-refractivity contribution in [1.82, 2.24) is 0 Å². The molecule has 0 aromatic rings. The summed E-state index contributed by atoms with van der Waals surface area (Å²) < 4.78 is 8.85. The van der Waals surface area contributed by atoms with Crippen LogP contribution in [0.15, 0.2) is 0 Å². The Balaban J connectivity index is 2.64. The highest BCUT2D eigenvalue weighted by molar-refractivity contribution is 5.93. The average Bonchev–Trinajstić information content (AvgIpc) is 2.89. The van der Waals surface area contributed by atoms with Crippen LogP contribution >= 0.6 is 0 Å². The summed E-state index contributed by atoms with van der Waals surface area (Å²) in [5, 5.41) is 0. The highest BCUT2D eigenvalue weighted by Crippen LogP contribution is 2.46. The summed E-state index contributed by atoms with van der Waals surface area (Å²) >= 11 is 0. The third kappa shape index (κ3) is 1.54. The Labute approximate surface area is 75.0 Å². The van der Waals surface area contributed by atoms with Crippen LogP contribution < -0.4 is 0 Å². The molecule has 2 atom stereocenters. The zero-order chi connectivity index (χ0) is 10.0. The standard InChI is InChI=1S/C8H10O5/c1-12-7(10)5-4(3-9)6(5)8(11)13-2/h3-6H,1-2H3/t5-,6-/m0/s1. The van der Waals surface area contributed by atoms with E-state index < -0.39 is 29.7 Å². The minimum atomic E-state index is -0.644. The Hall–Kier alpha value is -1.39. The summed E-state index contributed by atoms with van der Waals surface area (Å²) in [6.07, 6.45) is 0.586. The summed E-state index contributed by atoms with van der Waals surface area (Å²) in [7, 11) is 2.44. The van der Waals surface area contributed by atoms with Crippen molar-refractivity contribution in [1.29, 1.82) is 0 Å². The number of carbonyl (C=O) groups is 3. The van der Waals surface area contributed by atoms with Gasteiger partial charge in [-0.05, 0) is 0 Å². The SMILES string of the molecule is COC(=O)[C@H]1C(C=O)[C@@H]1C(=O)OC. The van der Waals surface area contributed by atoms with Gasteiger partial charge in [-0.15, -0.1) is 0 Å². The molecule has 1 aliphatic carbocycles. The van der Waals surface area contributed by atoms with Gasteiger partial charge in [0.05, 0.1) is 26.1 Å². The molecule has 0 aliphatic heterocycles. The molecule has 0 saturated heterocycles. The maximum atomic E-state index is 11.0. The van der Waals surface area contributed by atoms with Gasteiger partial charge < -0.3 is 14.3 Å². The summed E-state index contributed by atoms with van der Waals surface area (Å²) in [6.45, 7) is 0. The molecule has 0 aromatic heterocycles. The zero-order valence-corrected chi connectivity index (χ0v) is 7.35. The number of carbonyl (C=O) groups excluding carboxylic acids is 3. The van der Waals surface area contributed by atoms with E-state index in [0.29, 0.717) is 6.29 Å². The van der Waals surface area contributed by atoms with Crippen LogP contribution in [0.4, 0.5) is 0 Å². The van der Waals surface area contributed by atoms with E-state index in [-0.39, 0.29) is 0 Å². The molecule has 0 heterocycles. The number of ether oxygens (including phenoxy) is 2. The van der Waals surface area contributed by atoms with Gasteiger partial charge in [-0.25, -0.2) is 0 Å². The number of rotatable bonds is 3. The first-order valence-electron chi connectivity index (χ1n) is 3.78. The number of esters is 2. The monoisotopic (exact) mass is 186 g/mol. The second kappa shape index (κ2) is 3.55. The van der Waals surface area contributed by atoms with Gasteiger partial charge in [-0.3, -0.25) is 9.59 Å². The van der Waals surface area contributed by atoms with E-state index in [4.69, 9.17) is 0 Å². The van der Waals surface area contributed by atoms with Gasteiger partial charge in [0.2, 0.25) is 0 Å². The molecular weight excluding hydrogens is 176 g/mol. The average molecular weight is 186 g/mol. The minimum Gasteiger partial charge on any atom is -0.469 e. The molecule has 0 radical (unpaired) electrons. The van der Waals surface area contributed by atoms with E-state index in [1.54, 1.807) is 0 Å². The summed E-state index contributed by atoms with van der Waals surface area (Å²) in [5.41, 5.74) is 0. The predicted molar refractivity (Wildman–Crippen MR) is 40.6 cm³/mol.